The van der Waals surface area contributed by atoms with Gasteiger partial charge in [-0.2, -0.15) is 0 Å². The van der Waals surface area contributed by atoms with Crippen LogP contribution in [0.3, 0.4) is 0 Å². The van der Waals surface area contributed by atoms with Gasteiger partial charge in [0.1, 0.15) is 0 Å². The van der Waals surface area contributed by atoms with Gasteiger partial charge in [-0.05, 0) is 19.4 Å². The second-order valence-corrected chi connectivity index (χ2v) is 1.67. The summed E-state index contributed by atoms with van der Waals surface area (Å²) >= 11 is 0. The predicted octanol–water partition coefficient (Wildman–Crippen LogP) is 0.806. The summed E-state index contributed by atoms with van der Waals surface area (Å²) in [7, 11) is 0. The third-order valence-corrected chi connectivity index (χ3v) is 0.890. The molecule has 0 bridgehead atoms. The molecule has 0 aliphatic rings. The summed E-state index contributed by atoms with van der Waals surface area (Å²) in [6, 6.07) is 0. The molecule has 48 valence electrons. The summed E-state index contributed by atoms with van der Waals surface area (Å²) in [6.45, 7) is 4.99. The van der Waals surface area contributed by atoms with Gasteiger partial charge in [0.15, 0.2) is 0 Å². The van der Waals surface area contributed by atoms with Crippen molar-refractivity contribution in [2.75, 3.05) is 6.54 Å². The van der Waals surface area contributed by atoms with E-state index < -0.39 is 0 Å². The molecule has 0 aromatic rings. The topological polar surface area (TPSA) is 38.0 Å². The predicted molar refractivity (Wildman–Crippen MR) is 36.2 cm³/mol. The summed E-state index contributed by atoms with van der Waals surface area (Å²) in [6.07, 6.45) is 2.98. The lowest BCUT2D eigenvalue weighted by molar-refractivity contribution is 0.759. The highest BCUT2D eigenvalue weighted by atomic mass is 15.0. The maximum absolute atomic E-state index is 5.41. The first-order chi connectivity index (χ1) is 3.81. The van der Waals surface area contributed by atoms with Crippen LogP contribution in [0.1, 0.15) is 20.3 Å². The van der Waals surface area contributed by atoms with Gasteiger partial charge in [0.05, 0.1) is 5.82 Å². The van der Waals surface area contributed by atoms with Gasteiger partial charge in [0.2, 0.25) is 0 Å². The highest BCUT2D eigenvalue weighted by Gasteiger charge is 1.80. The zero-order valence-corrected chi connectivity index (χ0v) is 5.57. The van der Waals surface area contributed by atoms with E-state index in [9.17, 15) is 0 Å². The third-order valence-electron chi connectivity index (χ3n) is 0.890. The number of hydrogen-bond donors (Lipinski definition) is 2. The third kappa shape index (κ3) is 3.53. The highest BCUT2D eigenvalue weighted by Crippen LogP contribution is 1.75. The van der Waals surface area contributed by atoms with E-state index in [4.69, 9.17) is 5.73 Å². The Bertz CT molecular complexity index is 76.6. The van der Waals surface area contributed by atoms with Gasteiger partial charge in [0, 0.05) is 6.54 Å². The first-order valence-corrected chi connectivity index (χ1v) is 2.97. The van der Waals surface area contributed by atoms with Crippen LogP contribution in [0.25, 0.3) is 0 Å². The summed E-state index contributed by atoms with van der Waals surface area (Å²) in [5.41, 5.74) is 5.41. The Kier molecular flexibility index (Phi) is 4.13. The quantitative estimate of drug-likeness (QED) is 0.569. The molecule has 0 fully saturated rings. The van der Waals surface area contributed by atoms with Crippen molar-refractivity contribution in [1.29, 1.82) is 0 Å². The van der Waals surface area contributed by atoms with E-state index in [1.807, 2.05) is 13.0 Å². The minimum Gasteiger partial charge on any atom is -0.386 e. The van der Waals surface area contributed by atoms with E-state index in [0.717, 1.165) is 18.8 Å². The highest BCUT2D eigenvalue weighted by molar-refractivity contribution is 4.89. The Morgan fingerprint density at radius 1 is 1.75 bits per heavy atom. The van der Waals surface area contributed by atoms with E-state index in [1.165, 1.54) is 0 Å². The van der Waals surface area contributed by atoms with Crippen molar-refractivity contribution < 1.29 is 0 Å². The lowest BCUT2D eigenvalue weighted by atomic mass is 10.5. The molecule has 0 aliphatic heterocycles. The van der Waals surface area contributed by atoms with E-state index in [2.05, 4.69) is 12.2 Å². The molecule has 0 saturated heterocycles. The fourth-order valence-electron chi connectivity index (χ4n) is 0.371. The van der Waals surface area contributed by atoms with Gasteiger partial charge >= 0.3 is 0 Å². The second-order valence-electron chi connectivity index (χ2n) is 1.67. The molecule has 3 N–H and O–H groups in total. The maximum Gasteiger partial charge on any atom is 0.0916 e. The molecule has 0 aromatic heterocycles. The Hall–Kier alpha value is -0.660. The second kappa shape index (κ2) is 4.50. The zero-order chi connectivity index (χ0) is 6.41. The molecule has 0 heterocycles. The summed E-state index contributed by atoms with van der Waals surface area (Å²) < 4.78 is 0. The van der Waals surface area contributed by atoms with Crippen LogP contribution < -0.4 is 11.1 Å². The van der Waals surface area contributed by atoms with Crippen LogP contribution >= 0.6 is 0 Å². The van der Waals surface area contributed by atoms with Gasteiger partial charge in [-0.1, -0.05) is 6.92 Å². The minimum absolute atomic E-state index is 0.770. The normalized spacial score (nSPS) is 11.5. The fourth-order valence-corrected chi connectivity index (χ4v) is 0.371. The van der Waals surface area contributed by atoms with Gasteiger partial charge in [-0.3, -0.25) is 0 Å². The lowest BCUT2D eigenvalue weighted by Gasteiger charge is -2.00. The molecule has 0 amide bonds. The molecular formula is C6H14N2. The molecular weight excluding hydrogens is 100 g/mol. The van der Waals surface area contributed by atoms with Crippen molar-refractivity contribution in [2.45, 2.75) is 20.3 Å². The molecule has 0 aromatic carbocycles. The lowest BCUT2D eigenvalue weighted by Crippen LogP contribution is -2.19. The van der Waals surface area contributed by atoms with Crippen LogP contribution in [0.15, 0.2) is 11.9 Å². The standard InChI is InChI=1S/C6H14N2/c1-3-5-8-6(7)4-2/h4,8H,3,5,7H2,1-2H3. The molecule has 0 radical (unpaired) electrons. The zero-order valence-electron chi connectivity index (χ0n) is 5.57. The monoisotopic (exact) mass is 114 g/mol. The van der Waals surface area contributed by atoms with Gasteiger partial charge < -0.3 is 11.1 Å². The maximum atomic E-state index is 5.41. The molecule has 0 saturated carbocycles. The summed E-state index contributed by atoms with van der Waals surface area (Å²) in [5, 5.41) is 3.02. The average molecular weight is 114 g/mol. The van der Waals surface area contributed by atoms with Crippen molar-refractivity contribution in [2.24, 2.45) is 5.73 Å². The number of nitrogens with one attached hydrogen (secondary N) is 1. The van der Waals surface area contributed by atoms with Crippen molar-refractivity contribution in [3.63, 3.8) is 0 Å². The molecule has 0 spiro atoms. The fraction of sp³-hybridized carbons (Fsp3) is 0.667. The van der Waals surface area contributed by atoms with Crippen molar-refractivity contribution in [3.05, 3.63) is 11.9 Å². The van der Waals surface area contributed by atoms with Crippen molar-refractivity contribution >= 4 is 0 Å². The van der Waals surface area contributed by atoms with Crippen LogP contribution in [0.4, 0.5) is 0 Å². The molecule has 8 heavy (non-hydrogen) atoms. The van der Waals surface area contributed by atoms with Gasteiger partial charge in [0.25, 0.3) is 0 Å². The Morgan fingerprint density at radius 2 is 2.38 bits per heavy atom. The number of hydrogen-bond acceptors (Lipinski definition) is 2. The van der Waals surface area contributed by atoms with Gasteiger partial charge in [-0.15, -0.1) is 0 Å². The molecule has 0 unspecified atom stereocenters. The number of rotatable bonds is 3. The summed E-state index contributed by atoms with van der Waals surface area (Å²) in [4.78, 5) is 0. The van der Waals surface area contributed by atoms with E-state index in [1.54, 1.807) is 0 Å². The van der Waals surface area contributed by atoms with Crippen LogP contribution in [0, 0.1) is 0 Å². The van der Waals surface area contributed by atoms with Crippen LogP contribution in [-0.4, -0.2) is 6.54 Å². The molecule has 0 rings (SSSR count). The molecule has 2 heteroatoms. The number of nitrogens with two attached hydrogens (primary N) is 1. The van der Waals surface area contributed by atoms with Gasteiger partial charge in [-0.25, -0.2) is 0 Å². The minimum atomic E-state index is 0.770. The molecule has 0 atom stereocenters. The Labute approximate surface area is 50.8 Å². The SMILES string of the molecule is CC=C(N)NCCC. The Balaban J connectivity index is 3.12. The van der Waals surface area contributed by atoms with Crippen LogP contribution in [-0.2, 0) is 0 Å². The van der Waals surface area contributed by atoms with Crippen LogP contribution in [0.5, 0.6) is 0 Å². The van der Waals surface area contributed by atoms with Crippen molar-refractivity contribution in [3.8, 4) is 0 Å². The van der Waals surface area contributed by atoms with E-state index >= 15 is 0 Å². The largest absolute Gasteiger partial charge is 0.386 e. The average Bonchev–Trinajstić information content (AvgIpc) is 1.83. The van der Waals surface area contributed by atoms with E-state index in [-0.39, 0.29) is 0 Å². The first kappa shape index (κ1) is 7.34. The van der Waals surface area contributed by atoms with Crippen molar-refractivity contribution in [1.82, 2.24) is 5.32 Å². The van der Waals surface area contributed by atoms with Crippen LogP contribution in [0.2, 0.25) is 0 Å². The smallest absolute Gasteiger partial charge is 0.0916 e. The first-order valence-electron chi connectivity index (χ1n) is 2.97. The van der Waals surface area contributed by atoms with E-state index in [0.29, 0.717) is 0 Å². The molecule has 2 nitrogen and oxygen atoms in total. The Morgan fingerprint density at radius 3 is 2.75 bits per heavy atom. The number of allylic oxidation sites excluding steroid dienone is 1. The summed E-state index contributed by atoms with van der Waals surface area (Å²) in [5.74, 6) is 0.770. The molecule has 0 aliphatic carbocycles.